The van der Waals surface area contributed by atoms with Crippen LogP contribution in [0.4, 0.5) is 10.6 Å². The Bertz CT molecular complexity index is 2660. The maximum atomic E-state index is 14.1. The molecule has 0 bridgehead atoms. The molecule has 0 radical (unpaired) electrons. The van der Waals surface area contributed by atoms with E-state index in [9.17, 15) is 29.1 Å². The molecule has 2 aromatic heterocycles. The highest BCUT2D eigenvalue weighted by molar-refractivity contribution is 7.13. The molecule has 17 nitrogen and oxygen atoms in total. The number of anilines is 1. The predicted octanol–water partition coefficient (Wildman–Crippen LogP) is 7.08. The zero-order chi connectivity index (χ0) is 51.2. The number of hydrogen-bond donors (Lipinski definition) is 6. The summed E-state index contributed by atoms with van der Waals surface area (Å²) in [6.07, 6.45) is 0.398. The molecule has 6 N–H and O–H groups in total. The zero-order valence-electron chi connectivity index (χ0n) is 42.2. The molecule has 0 saturated carbocycles. The lowest BCUT2D eigenvalue weighted by Crippen LogP contribution is -2.57. The van der Waals surface area contributed by atoms with E-state index < -0.39 is 35.0 Å². The largest absolute Gasteiger partial charge is 0.494 e. The summed E-state index contributed by atoms with van der Waals surface area (Å²) in [7, 11) is 3.93. The number of aliphatic hydroxyl groups is 1. The van der Waals surface area contributed by atoms with Crippen molar-refractivity contribution in [2.75, 3.05) is 39.1 Å². The van der Waals surface area contributed by atoms with Crippen LogP contribution in [-0.4, -0.2) is 117 Å². The van der Waals surface area contributed by atoms with E-state index in [1.54, 1.807) is 40.5 Å². The Morgan fingerprint density at radius 1 is 0.944 bits per heavy atom. The number of likely N-dealkylation sites (N-methyl/N-ethyl adjacent to an activating group) is 1. The number of aromatic amines is 1. The van der Waals surface area contributed by atoms with Crippen LogP contribution in [0.3, 0.4) is 0 Å². The van der Waals surface area contributed by atoms with Gasteiger partial charge in [-0.05, 0) is 101 Å². The topological polar surface area (TPSA) is 214 Å². The van der Waals surface area contributed by atoms with E-state index in [0.717, 1.165) is 38.5 Å². The molecule has 4 heterocycles. The molecule has 2 aliphatic rings. The Hall–Kier alpha value is -6.63. The van der Waals surface area contributed by atoms with E-state index in [4.69, 9.17) is 4.74 Å². The zero-order valence-corrected chi connectivity index (χ0v) is 43.0. The van der Waals surface area contributed by atoms with Gasteiger partial charge in [-0.25, -0.2) is 9.78 Å². The lowest BCUT2D eigenvalue weighted by molar-refractivity contribution is -0.144. The minimum Gasteiger partial charge on any atom is -0.494 e. The van der Waals surface area contributed by atoms with Gasteiger partial charge < -0.3 is 45.8 Å². The number of unbranched alkanes of at least 4 members (excludes halogenated alkanes) is 1. The maximum Gasteiger partial charge on any atom is 0.319 e. The number of aryl methyl sites for hydroxylation is 1. The fourth-order valence-corrected chi connectivity index (χ4v) is 9.98. The van der Waals surface area contributed by atoms with Crippen LogP contribution in [0.1, 0.15) is 118 Å². The van der Waals surface area contributed by atoms with Gasteiger partial charge in [0.2, 0.25) is 17.7 Å². The highest BCUT2D eigenvalue weighted by Gasteiger charge is 2.46. The van der Waals surface area contributed by atoms with Crippen molar-refractivity contribution in [2.24, 2.45) is 5.41 Å². The van der Waals surface area contributed by atoms with Crippen LogP contribution in [0, 0.1) is 12.3 Å². The maximum absolute atomic E-state index is 14.1. The molecule has 2 aliphatic heterocycles. The predicted molar refractivity (Wildman–Crippen MR) is 274 cm³/mol. The van der Waals surface area contributed by atoms with Crippen LogP contribution >= 0.6 is 11.3 Å². The molecule has 7 rings (SSSR count). The molecule has 1 fully saturated rings. The molecule has 5 atom stereocenters. The Morgan fingerprint density at radius 3 is 2.30 bits per heavy atom. The molecular formula is C53H68N10O7S. The number of β-amino-alcohol motifs (C(OH)–C–C–N with tert-alkyl or cyclic N) is 1. The molecule has 0 aliphatic carbocycles. The number of fused-ring (bicyclic) bond motifs is 1. The van der Waals surface area contributed by atoms with Crippen LogP contribution in [0.25, 0.3) is 10.4 Å². The van der Waals surface area contributed by atoms with E-state index in [1.807, 2.05) is 128 Å². The summed E-state index contributed by atoms with van der Waals surface area (Å²) in [5.74, 6) is -0.550. The lowest BCUT2D eigenvalue weighted by Gasteiger charge is -2.35. The minimum atomic E-state index is -0.934. The number of aromatic nitrogens is 3. The van der Waals surface area contributed by atoms with Gasteiger partial charge in [0.25, 0.3) is 5.91 Å². The molecule has 1 saturated heterocycles. The minimum absolute atomic E-state index is 0.0154. The summed E-state index contributed by atoms with van der Waals surface area (Å²) in [4.78, 5) is 78.9. The second-order valence-corrected chi connectivity index (χ2v) is 21.3. The van der Waals surface area contributed by atoms with Gasteiger partial charge in [0, 0.05) is 37.1 Å². The first kappa shape index (κ1) is 52.2. The van der Waals surface area contributed by atoms with Gasteiger partial charge in [-0.15, -0.1) is 11.3 Å². The normalized spacial score (nSPS) is 17.6. The lowest BCUT2D eigenvalue weighted by atomic mass is 9.85. The summed E-state index contributed by atoms with van der Waals surface area (Å²) in [5.41, 5.74) is 6.20. The molecule has 18 heteroatoms. The van der Waals surface area contributed by atoms with Crippen molar-refractivity contribution < 1.29 is 33.8 Å². The van der Waals surface area contributed by atoms with Gasteiger partial charge >= 0.3 is 6.03 Å². The van der Waals surface area contributed by atoms with E-state index >= 15 is 0 Å². The first-order valence-corrected chi connectivity index (χ1v) is 25.1. The number of amides is 6. The van der Waals surface area contributed by atoms with Crippen LogP contribution in [0.2, 0.25) is 0 Å². The van der Waals surface area contributed by atoms with Crippen molar-refractivity contribution >= 4 is 46.8 Å². The van der Waals surface area contributed by atoms with E-state index in [2.05, 4.69) is 36.4 Å². The fraction of sp³-hybridized carbons (Fsp3) is 0.453. The van der Waals surface area contributed by atoms with Crippen LogP contribution in [0.5, 0.6) is 5.75 Å². The Labute approximate surface area is 420 Å². The van der Waals surface area contributed by atoms with E-state index in [1.165, 1.54) is 4.90 Å². The number of thiazole rings is 1. The molecule has 0 spiro atoms. The van der Waals surface area contributed by atoms with Gasteiger partial charge in [-0.2, -0.15) is 5.10 Å². The van der Waals surface area contributed by atoms with Gasteiger partial charge in [-0.3, -0.25) is 24.3 Å². The van der Waals surface area contributed by atoms with Crippen LogP contribution in [-0.2, 0) is 26.5 Å². The number of likely N-dealkylation sites (tertiary alicyclic amines) is 1. The number of benzene rings is 3. The third-order valence-electron chi connectivity index (χ3n) is 13.2. The number of urea groups is 1. The van der Waals surface area contributed by atoms with Crippen molar-refractivity contribution in [1.29, 1.82) is 0 Å². The molecule has 6 amide bonds. The number of nitrogens with one attached hydrogen (secondary N) is 5. The van der Waals surface area contributed by atoms with Gasteiger partial charge in [-0.1, -0.05) is 75.4 Å². The molecular weight excluding hydrogens is 921 g/mol. The second-order valence-electron chi connectivity index (χ2n) is 20.4. The van der Waals surface area contributed by atoms with Crippen LogP contribution < -0.4 is 26.0 Å². The smallest absolute Gasteiger partial charge is 0.319 e. The Balaban J connectivity index is 0.858. The third-order valence-corrected chi connectivity index (χ3v) is 14.2. The van der Waals surface area contributed by atoms with Gasteiger partial charge in [0.05, 0.1) is 58.7 Å². The fourth-order valence-electron chi connectivity index (χ4n) is 9.17. The van der Waals surface area contributed by atoms with Crippen molar-refractivity contribution in [1.82, 2.24) is 45.8 Å². The van der Waals surface area contributed by atoms with Crippen molar-refractivity contribution in [2.45, 2.75) is 117 Å². The van der Waals surface area contributed by atoms with Gasteiger partial charge in [0.1, 0.15) is 17.8 Å². The van der Waals surface area contributed by atoms with E-state index in [0.29, 0.717) is 43.1 Å². The average molecular weight is 989 g/mol. The summed E-state index contributed by atoms with van der Waals surface area (Å²) >= 11 is 1.57. The Morgan fingerprint density at radius 2 is 1.65 bits per heavy atom. The highest BCUT2D eigenvalue weighted by Crippen LogP contribution is 2.41. The number of H-pyrrole nitrogens is 1. The highest BCUT2D eigenvalue weighted by atomic mass is 32.1. The monoisotopic (exact) mass is 988 g/mol. The summed E-state index contributed by atoms with van der Waals surface area (Å²) in [6.45, 7) is 14.5. The number of rotatable bonds is 18. The first-order valence-electron chi connectivity index (χ1n) is 24.2. The van der Waals surface area contributed by atoms with E-state index in [-0.39, 0.29) is 61.8 Å². The number of hydrogen-bond acceptors (Lipinski definition) is 11. The molecule has 378 valence electrons. The van der Waals surface area contributed by atoms with Gasteiger partial charge in [0.15, 0.2) is 5.82 Å². The number of ether oxygens (including phenoxy) is 1. The second kappa shape index (κ2) is 22.2. The SMILES string of the molecule is Cc1ncsc1-c1ccc([C@H](C)NC(=O)[C@@H]2C[C@@H](O)CN2C(=O)[C@@H](NC(=O)CCCCOc2ccc(C(=O)Nc3n[nH]c4c3CN(C(=O)N[C@H](CN(C)C)c3ccccc3)C4(C)C)cc2)C(C)(C)C)cc1. The summed E-state index contributed by atoms with van der Waals surface area (Å²) in [5, 5.41) is 30.2. The molecule has 0 unspecified atom stereocenters. The standard InChI is InChI=1S/C53H68N10O7S/c1-32(34-18-20-36(21-19-34)44-33(2)54-31-71-44)55-49(67)42-27-38(64)28-62(42)50(68)46(52(3,4)5)57-43(65)17-13-14-26-70-39-24-22-37(23-25-39)48(66)58-47-40-29-63(53(6,7)45(40)59-60-47)51(69)56-41(30-61(8)9)35-15-11-10-12-16-35/h10-12,15-16,18-25,31-32,38,41-42,46,64H,13-14,17,26-30H2,1-9H3,(H,55,67)(H,56,69)(H,57,65)(H2,58,59,60,66)/t32-,38+,41+,42-,46+/m0/s1. The molecule has 3 aromatic carbocycles. The van der Waals surface area contributed by atoms with Crippen molar-refractivity contribution in [3.63, 3.8) is 0 Å². The van der Waals surface area contributed by atoms with Crippen molar-refractivity contribution in [3.05, 3.63) is 118 Å². The average Bonchev–Trinajstić information content (AvgIpc) is 4.11. The summed E-state index contributed by atoms with van der Waals surface area (Å²) in [6, 6.07) is 21.9. The number of aliphatic hydroxyl groups excluding tert-OH is 1. The first-order chi connectivity index (χ1) is 33.7. The molecule has 5 aromatic rings. The number of carbonyl (C=O) groups excluding carboxylic acids is 5. The Kier molecular flexibility index (Phi) is 16.3. The third kappa shape index (κ3) is 12.5. The van der Waals surface area contributed by atoms with Crippen molar-refractivity contribution in [3.8, 4) is 16.2 Å². The molecule has 71 heavy (non-hydrogen) atoms. The number of carbonyl (C=O) groups is 5. The summed E-state index contributed by atoms with van der Waals surface area (Å²) < 4.78 is 5.94. The number of nitrogens with zero attached hydrogens (tertiary/aromatic N) is 5. The van der Waals surface area contributed by atoms with Crippen LogP contribution in [0.15, 0.2) is 84.4 Å². The quantitative estimate of drug-likeness (QED) is 0.0491.